The lowest BCUT2D eigenvalue weighted by Crippen LogP contribution is -2.61. The SMILES string of the molecule is O=C(CCNC(=O)NC12CC3CC(CC(C3)C1)C2)NCc1ccc(Oc2cccnc2)c(F)c1. The Bertz CT molecular complexity index is 1010. The Balaban J connectivity index is 1.03. The molecule has 1 heterocycles. The Hall–Kier alpha value is -3.16. The molecule has 0 saturated heterocycles. The lowest BCUT2D eigenvalue weighted by Gasteiger charge is -2.56. The molecule has 0 spiro atoms. The Kier molecular flexibility index (Phi) is 6.39. The van der Waals surface area contributed by atoms with Crippen LogP contribution >= 0.6 is 0 Å². The topological polar surface area (TPSA) is 92.4 Å². The number of nitrogens with one attached hydrogen (secondary N) is 3. The summed E-state index contributed by atoms with van der Waals surface area (Å²) in [5.41, 5.74) is 0.579. The number of carbonyl (C=O) groups excluding carboxylic acids is 2. The quantitative estimate of drug-likeness (QED) is 0.541. The fourth-order valence-corrected chi connectivity index (χ4v) is 6.40. The number of rotatable bonds is 8. The number of benzene rings is 1. The molecule has 34 heavy (non-hydrogen) atoms. The van der Waals surface area contributed by atoms with E-state index in [1.807, 2.05) is 0 Å². The number of amides is 3. The van der Waals surface area contributed by atoms with Crippen molar-refractivity contribution < 1.29 is 18.7 Å². The molecular formula is C26H31FN4O3. The third kappa shape index (κ3) is 5.32. The zero-order valence-electron chi connectivity index (χ0n) is 19.2. The van der Waals surface area contributed by atoms with E-state index in [9.17, 15) is 14.0 Å². The van der Waals surface area contributed by atoms with Crippen LogP contribution in [0.5, 0.6) is 11.5 Å². The molecule has 8 heteroatoms. The molecule has 1 aromatic carbocycles. The molecule has 7 nitrogen and oxygen atoms in total. The minimum atomic E-state index is -0.515. The molecule has 4 aliphatic carbocycles. The number of nitrogens with zero attached hydrogens (tertiary/aromatic N) is 1. The number of ether oxygens (including phenoxy) is 1. The van der Waals surface area contributed by atoms with Gasteiger partial charge in [-0.05, 0) is 86.1 Å². The van der Waals surface area contributed by atoms with Gasteiger partial charge >= 0.3 is 6.03 Å². The van der Waals surface area contributed by atoms with Gasteiger partial charge < -0.3 is 20.7 Å². The smallest absolute Gasteiger partial charge is 0.315 e. The normalized spacial score (nSPS) is 26.7. The van der Waals surface area contributed by atoms with Gasteiger partial charge in [0.15, 0.2) is 11.6 Å². The van der Waals surface area contributed by atoms with Crippen LogP contribution in [-0.4, -0.2) is 29.0 Å². The maximum Gasteiger partial charge on any atom is 0.315 e. The fraction of sp³-hybridized carbons (Fsp3) is 0.500. The summed E-state index contributed by atoms with van der Waals surface area (Å²) in [6.07, 6.45) is 10.5. The van der Waals surface area contributed by atoms with E-state index in [1.165, 1.54) is 37.6 Å². The van der Waals surface area contributed by atoms with Gasteiger partial charge in [-0.3, -0.25) is 9.78 Å². The molecule has 2 aromatic rings. The number of urea groups is 1. The van der Waals surface area contributed by atoms with Crippen molar-refractivity contribution in [3.8, 4) is 11.5 Å². The number of carbonyl (C=O) groups is 2. The number of pyridine rings is 1. The van der Waals surface area contributed by atoms with Crippen molar-refractivity contribution in [1.29, 1.82) is 0 Å². The molecule has 1 aromatic heterocycles. The highest BCUT2D eigenvalue weighted by molar-refractivity contribution is 5.78. The first-order valence-corrected chi connectivity index (χ1v) is 12.2. The molecule has 0 aliphatic heterocycles. The van der Waals surface area contributed by atoms with E-state index in [0.29, 0.717) is 11.3 Å². The summed E-state index contributed by atoms with van der Waals surface area (Å²) in [5, 5.41) is 8.85. The van der Waals surface area contributed by atoms with E-state index in [-0.39, 0.29) is 42.7 Å². The van der Waals surface area contributed by atoms with E-state index < -0.39 is 5.82 Å². The predicted octanol–water partition coefficient (Wildman–Crippen LogP) is 4.29. The van der Waals surface area contributed by atoms with Crippen molar-refractivity contribution in [2.45, 2.75) is 57.0 Å². The van der Waals surface area contributed by atoms with Crippen LogP contribution in [0.3, 0.4) is 0 Å². The van der Waals surface area contributed by atoms with Crippen LogP contribution in [0.25, 0.3) is 0 Å². The Morgan fingerprint density at radius 3 is 2.44 bits per heavy atom. The molecule has 0 unspecified atom stereocenters. The first-order chi connectivity index (χ1) is 16.5. The second-order valence-corrected chi connectivity index (χ2v) is 10.2. The molecule has 4 fully saturated rings. The van der Waals surface area contributed by atoms with Gasteiger partial charge in [0.1, 0.15) is 5.75 Å². The van der Waals surface area contributed by atoms with Crippen LogP contribution in [0.1, 0.15) is 50.5 Å². The minimum Gasteiger partial charge on any atom is -0.453 e. The van der Waals surface area contributed by atoms with Crippen molar-refractivity contribution in [2.75, 3.05) is 6.54 Å². The Labute approximate surface area is 198 Å². The summed E-state index contributed by atoms with van der Waals surface area (Å²) >= 11 is 0. The monoisotopic (exact) mass is 466 g/mol. The number of hydrogen-bond donors (Lipinski definition) is 3. The van der Waals surface area contributed by atoms with Gasteiger partial charge in [0, 0.05) is 31.2 Å². The maximum absolute atomic E-state index is 14.3. The van der Waals surface area contributed by atoms with E-state index in [2.05, 4.69) is 20.9 Å². The summed E-state index contributed by atoms with van der Waals surface area (Å²) in [6.45, 7) is 0.457. The second kappa shape index (κ2) is 9.60. The average Bonchev–Trinajstić information content (AvgIpc) is 2.79. The van der Waals surface area contributed by atoms with E-state index in [0.717, 1.165) is 37.0 Å². The summed E-state index contributed by atoms with van der Waals surface area (Å²) in [7, 11) is 0. The van der Waals surface area contributed by atoms with Crippen molar-refractivity contribution in [3.05, 3.63) is 54.1 Å². The average molecular weight is 467 g/mol. The van der Waals surface area contributed by atoms with E-state index in [4.69, 9.17) is 4.74 Å². The van der Waals surface area contributed by atoms with E-state index >= 15 is 0 Å². The number of hydrogen-bond acceptors (Lipinski definition) is 4. The van der Waals surface area contributed by atoms with Crippen molar-refractivity contribution >= 4 is 11.9 Å². The van der Waals surface area contributed by atoms with Crippen LogP contribution in [0, 0.1) is 23.6 Å². The lowest BCUT2D eigenvalue weighted by atomic mass is 9.53. The second-order valence-electron chi connectivity index (χ2n) is 10.2. The van der Waals surface area contributed by atoms with Crippen molar-refractivity contribution in [3.63, 3.8) is 0 Å². The van der Waals surface area contributed by atoms with Crippen LogP contribution in [0.2, 0.25) is 0 Å². The highest BCUT2D eigenvalue weighted by Crippen LogP contribution is 2.55. The van der Waals surface area contributed by atoms with Crippen LogP contribution in [-0.2, 0) is 11.3 Å². The first-order valence-electron chi connectivity index (χ1n) is 12.2. The molecule has 4 saturated carbocycles. The Morgan fingerprint density at radius 2 is 1.79 bits per heavy atom. The highest BCUT2D eigenvalue weighted by Gasteiger charge is 2.51. The molecule has 4 aliphatic rings. The molecule has 180 valence electrons. The molecule has 4 bridgehead atoms. The predicted molar refractivity (Wildman–Crippen MR) is 125 cm³/mol. The summed E-state index contributed by atoms with van der Waals surface area (Å²) in [6, 6.07) is 7.79. The van der Waals surface area contributed by atoms with Gasteiger partial charge in [0.25, 0.3) is 0 Å². The van der Waals surface area contributed by atoms with Gasteiger partial charge in [-0.2, -0.15) is 0 Å². The highest BCUT2D eigenvalue weighted by atomic mass is 19.1. The van der Waals surface area contributed by atoms with Crippen molar-refractivity contribution in [2.24, 2.45) is 17.8 Å². The first kappa shape index (κ1) is 22.6. The molecule has 3 N–H and O–H groups in total. The van der Waals surface area contributed by atoms with Gasteiger partial charge in [0.05, 0.1) is 6.20 Å². The van der Waals surface area contributed by atoms with E-state index in [1.54, 1.807) is 24.4 Å². The number of aromatic nitrogens is 1. The minimum absolute atomic E-state index is 0.0436. The standard InChI is InChI=1S/C26H31FN4O3/c27-22-11-17(3-4-23(22)34-21-2-1-6-28-16-21)15-30-24(32)5-7-29-25(33)31-26-12-18-8-19(13-26)10-20(9-18)14-26/h1-4,6,11,16,18-20H,5,7-10,12-15H2,(H,30,32)(H2,29,31,33). The molecule has 3 amide bonds. The van der Waals surface area contributed by atoms with Crippen LogP contribution in [0.4, 0.5) is 9.18 Å². The third-order valence-corrected chi connectivity index (χ3v) is 7.40. The van der Waals surface area contributed by atoms with Crippen LogP contribution in [0.15, 0.2) is 42.7 Å². The Morgan fingerprint density at radius 1 is 1.06 bits per heavy atom. The molecule has 0 radical (unpaired) electrons. The molecular weight excluding hydrogens is 435 g/mol. The number of halogens is 1. The largest absolute Gasteiger partial charge is 0.453 e. The summed E-state index contributed by atoms with van der Waals surface area (Å²) in [5.74, 6) is 2.11. The van der Waals surface area contributed by atoms with Gasteiger partial charge in [0.2, 0.25) is 5.91 Å². The molecule has 6 rings (SSSR count). The van der Waals surface area contributed by atoms with Gasteiger partial charge in [-0.15, -0.1) is 0 Å². The van der Waals surface area contributed by atoms with Crippen molar-refractivity contribution in [1.82, 2.24) is 20.9 Å². The lowest BCUT2D eigenvalue weighted by molar-refractivity contribution is -0.121. The fourth-order valence-electron chi connectivity index (χ4n) is 6.40. The van der Waals surface area contributed by atoms with Gasteiger partial charge in [-0.1, -0.05) is 6.07 Å². The zero-order valence-corrected chi connectivity index (χ0v) is 19.2. The molecule has 0 atom stereocenters. The zero-order chi connectivity index (χ0) is 23.5. The van der Waals surface area contributed by atoms with Gasteiger partial charge in [-0.25, -0.2) is 9.18 Å². The summed E-state index contributed by atoms with van der Waals surface area (Å²) < 4.78 is 19.8. The maximum atomic E-state index is 14.3. The third-order valence-electron chi connectivity index (χ3n) is 7.40. The van der Waals surface area contributed by atoms with Crippen LogP contribution < -0.4 is 20.7 Å². The summed E-state index contributed by atoms with van der Waals surface area (Å²) in [4.78, 5) is 28.6.